The lowest BCUT2D eigenvalue weighted by atomic mass is 10.1. The molecule has 160 valence electrons. The highest BCUT2D eigenvalue weighted by Gasteiger charge is 2.12. The quantitative estimate of drug-likeness (QED) is 0.467. The standard InChI is InChI=1S/C26H24N4O2/c1-17-9-11-21(28-25(31)19-6-4-8-22(15-19)30(2)3)16-24(17)29-26(32)20-10-12-23-18(14-20)7-5-13-27-23/h4-16H,1-3H3,(H,28,31)(H,29,32). The molecule has 0 unspecified atom stereocenters. The lowest BCUT2D eigenvalue weighted by Crippen LogP contribution is -2.15. The highest BCUT2D eigenvalue weighted by molar-refractivity contribution is 6.08. The van der Waals surface area contributed by atoms with Crippen LogP contribution in [0.4, 0.5) is 17.1 Å². The van der Waals surface area contributed by atoms with E-state index >= 15 is 0 Å². The molecule has 4 rings (SSSR count). The number of carbonyl (C=O) groups is 2. The van der Waals surface area contributed by atoms with Crippen LogP contribution in [0.15, 0.2) is 79.0 Å². The van der Waals surface area contributed by atoms with E-state index in [1.807, 2.05) is 80.5 Å². The highest BCUT2D eigenvalue weighted by atomic mass is 16.2. The van der Waals surface area contributed by atoms with Gasteiger partial charge in [-0.25, -0.2) is 0 Å². The molecule has 32 heavy (non-hydrogen) atoms. The first-order valence-electron chi connectivity index (χ1n) is 10.3. The van der Waals surface area contributed by atoms with Crippen molar-refractivity contribution in [3.05, 3.63) is 95.7 Å². The van der Waals surface area contributed by atoms with Gasteiger partial charge in [0.25, 0.3) is 11.8 Å². The predicted molar refractivity (Wildman–Crippen MR) is 130 cm³/mol. The van der Waals surface area contributed by atoms with Crippen LogP contribution in [0.2, 0.25) is 0 Å². The molecule has 2 N–H and O–H groups in total. The van der Waals surface area contributed by atoms with E-state index in [2.05, 4.69) is 15.6 Å². The molecule has 1 aromatic heterocycles. The second-order valence-corrected chi connectivity index (χ2v) is 7.79. The third-order valence-corrected chi connectivity index (χ3v) is 5.23. The van der Waals surface area contributed by atoms with Crippen molar-refractivity contribution < 1.29 is 9.59 Å². The largest absolute Gasteiger partial charge is 0.378 e. The van der Waals surface area contributed by atoms with Gasteiger partial charge >= 0.3 is 0 Å². The van der Waals surface area contributed by atoms with E-state index in [0.29, 0.717) is 22.5 Å². The number of rotatable bonds is 5. The zero-order valence-corrected chi connectivity index (χ0v) is 18.2. The fourth-order valence-corrected chi connectivity index (χ4v) is 3.37. The zero-order chi connectivity index (χ0) is 22.7. The van der Waals surface area contributed by atoms with Gasteiger partial charge in [-0.2, -0.15) is 0 Å². The van der Waals surface area contributed by atoms with Crippen LogP contribution >= 0.6 is 0 Å². The summed E-state index contributed by atoms with van der Waals surface area (Å²) < 4.78 is 0. The van der Waals surface area contributed by atoms with E-state index in [9.17, 15) is 9.59 Å². The first-order valence-corrected chi connectivity index (χ1v) is 10.3. The Labute approximate surface area is 186 Å². The average Bonchev–Trinajstić information content (AvgIpc) is 2.81. The SMILES string of the molecule is Cc1ccc(NC(=O)c2cccc(N(C)C)c2)cc1NC(=O)c1ccc2ncccc2c1. The number of nitrogens with one attached hydrogen (secondary N) is 2. The Morgan fingerprint density at radius 3 is 2.41 bits per heavy atom. The molecule has 4 aromatic rings. The number of anilines is 3. The van der Waals surface area contributed by atoms with Crippen molar-refractivity contribution in [3.63, 3.8) is 0 Å². The number of aromatic nitrogens is 1. The van der Waals surface area contributed by atoms with Crippen molar-refractivity contribution >= 4 is 39.8 Å². The number of amides is 2. The molecule has 2 amide bonds. The van der Waals surface area contributed by atoms with Crippen LogP contribution in [0.5, 0.6) is 0 Å². The summed E-state index contributed by atoms with van der Waals surface area (Å²) in [5, 5.41) is 6.76. The summed E-state index contributed by atoms with van der Waals surface area (Å²) in [6.07, 6.45) is 1.72. The van der Waals surface area contributed by atoms with Crippen LogP contribution in [0, 0.1) is 6.92 Å². The first kappa shape index (κ1) is 21.1. The van der Waals surface area contributed by atoms with Gasteiger partial charge in [0, 0.05) is 53.9 Å². The monoisotopic (exact) mass is 424 g/mol. The molecule has 6 nitrogen and oxygen atoms in total. The van der Waals surface area contributed by atoms with Crippen LogP contribution in [0.3, 0.4) is 0 Å². The maximum Gasteiger partial charge on any atom is 0.255 e. The number of benzene rings is 3. The van der Waals surface area contributed by atoms with E-state index in [4.69, 9.17) is 0 Å². The third-order valence-electron chi connectivity index (χ3n) is 5.23. The Morgan fingerprint density at radius 2 is 1.59 bits per heavy atom. The molecule has 0 fully saturated rings. The van der Waals surface area contributed by atoms with Crippen molar-refractivity contribution in [1.82, 2.24) is 4.98 Å². The molecular formula is C26H24N4O2. The first-order chi connectivity index (χ1) is 15.4. The molecular weight excluding hydrogens is 400 g/mol. The molecule has 0 saturated heterocycles. The highest BCUT2D eigenvalue weighted by Crippen LogP contribution is 2.23. The normalized spacial score (nSPS) is 10.6. The Morgan fingerprint density at radius 1 is 0.812 bits per heavy atom. The minimum atomic E-state index is -0.221. The maximum absolute atomic E-state index is 12.8. The minimum absolute atomic E-state index is 0.211. The van der Waals surface area contributed by atoms with Gasteiger partial charge in [-0.05, 0) is 67.1 Å². The number of nitrogens with zero attached hydrogens (tertiary/aromatic N) is 2. The molecule has 0 spiro atoms. The minimum Gasteiger partial charge on any atom is -0.378 e. The molecule has 0 saturated carbocycles. The number of hydrogen-bond donors (Lipinski definition) is 2. The van der Waals surface area contributed by atoms with Gasteiger partial charge in [0.15, 0.2) is 0 Å². The summed E-state index contributed by atoms with van der Waals surface area (Å²) in [4.78, 5) is 31.8. The van der Waals surface area contributed by atoms with Crippen molar-refractivity contribution in [2.75, 3.05) is 29.6 Å². The van der Waals surface area contributed by atoms with Gasteiger partial charge in [0.05, 0.1) is 5.52 Å². The van der Waals surface area contributed by atoms with Gasteiger partial charge < -0.3 is 15.5 Å². The van der Waals surface area contributed by atoms with Crippen molar-refractivity contribution in [2.24, 2.45) is 0 Å². The molecule has 0 aliphatic carbocycles. The fourth-order valence-electron chi connectivity index (χ4n) is 3.37. The lowest BCUT2D eigenvalue weighted by molar-refractivity contribution is 0.101. The summed E-state index contributed by atoms with van der Waals surface area (Å²) in [7, 11) is 3.86. The molecule has 0 atom stereocenters. The molecule has 0 bridgehead atoms. The fraction of sp³-hybridized carbons (Fsp3) is 0.115. The van der Waals surface area contributed by atoms with Crippen LogP contribution in [0.25, 0.3) is 10.9 Å². The van der Waals surface area contributed by atoms with Crippen LogP contribution in [-0.4, -0.2) is 30.9 Å². The van der Waals surface area contributed by atoms with E-state index in [-0.39, 0.29) is 11.8 Å². The van der Waals surface area contributed by atoms with Crippen LogP contribution < -0.4 is 15.5 Å². The van der Waals surface area contributed by atoms with Crippen molar-refractivity contribution in [3.8, 4) is 0 Å². The van der Waals surface area contributed by atoms with Gasteiger partial charge in [-0.1, -0.05) is 18.2 Å². The average molecular weight is 425 g/mol. The summed E-state index contributed by atoms with van der Waals surface area (Å²) in [5.41, 5.74) is 5.03. The lowest BCUT2D eigenvalue weighted by Gasteiger charge is -2.14. The van der Waals surface area contributed by atoms with Crippen LogP contribution in [-0.2, 0) is 0 Å². The molecule has 6 heteroatoms. The topological polar surface area (TPSA) is 74.3 Å². The summed E-state index contributed by atoms with van der Waals surface area (Å²) >= 11 is 0. The number of fused-ring (bicyclic) bond motifs is 1. The van der Waals surface area contributed by atoms with E-state index in [0.717, 1.165) is 22.2 Å². The molecule has 0 radical (unpaired) electrons. The maximum atomic E-state index is 12.8. The van der Waals surface area contributed by atoms with Gasteiger partial charge in [-0.15, -0.1) is 0 Å². The molecule has 0 aliphatic rings. The molecule has 3 aromatic carbocycles. The number of aryl methyl sites for hydroxylation is 1. The number of pyridine rings is 1. The smallest absolute Gasteiger partial charge is 0.255 e. The van der Waals surface area contributed by atoms with E-state index < -0.39 is 0 Å². The molecule has 1 heterocycles. The molecule has 0 aliphatic heterocycles. The van der Waals surface area contributed by atoms with Gasteiger partial charge in [0.2, 0.25) is 0 Å². The summed E-state index contributed by atoms with van der Waals surface area (Å²) in [5.74, 6) is -0.433. The van der Waals surface area contributed by atoms with Crippen molar-refractivity contribution in [2.45, 2.75) is 6.92 Å². The van der Waals surface area contributed by atoms with Crippen molar-refractivity contribution in [1.29, 1.82) is 0 Å². The van der Waals surface area contributed by atoms with Gasteiger partial charge in [0.1, 0.15) is 0 Å². The van der Waals surface area contributed by atoms with Crippen LogP contribution in [0.1, 0.15) is 26.3 Å². The van der Waals surface area contributed by atoms with E-state index in [1.54, 1.807) is 24.4 Å². The Hall–Kier alpha value is -4.19. The predicted octanol–water partition coefficient (Wildman–Crippen LogP) is 5.11. The summed E-state index contributed by atoms with van der Waals surface area (Å²) in [6, 6.07) is 22.0. The number of hydrogen-bond acceptors (Lipinski definition) is 4. The third kappa shape index (κ3) is 4.59. The Bertz CT molecular complexity index is 1310. The second-order valence-electron chi connectivity index (χ2n) is 7.79. The zero-order valence-electron chi connectivity index (χ0n) is 18.2. The second kappa shape index (κ2) is 8.89. The van der Waals surface area contributed by atoms with E-state index in [1.165, 1.54) is 0 Å². The summed E-state index contributed by atoms with van der Waals surface area (Å²) in [6.45, 7) is 1.91. The Balaban J connectivity index is 1.52. The number of carbonyl (C=O) groups excluding carboxylic acids is 2. The Kier molecular flexibility index (Phi) is 5.85. The van der Waals surface area contributed by atoms with Gasteiger partial charge in [-0.3, -0.25) is 14.6 Å².